The summed E-state index contributed by atoms with van der Waals surface area (Å²) in [6.07, 6.45) is 5.77. The summed E-state index contributed by atoms with van der Waals surface area (Å²) in [4.78, 5) is 8.93. The van der Waals surface area contributed by atoms with Crippen molar-refractivity contribution in [2.75, 3.05) is 17.2 Å². The van der Waals surface area contributed by atoms with Crippen LogP contribution in [0.25, 0.3) is 0 Å². The molecule has 6 nitrogen and oxygen atoms in total. The molecule has 1 aliphatic carbocycles. The molecule has 24 heavy (non-hydrogen) atoms. The third-order valence-electron chi connectivity index (χ3n) is 4.58. The van der Waals surface area contributed by atoms with Gasteiger partial charge < -0.3 is 20.3 Å². The number of nitrogens with one attached hydrogen (secondary N) is 2. The van der Waals surface area contributed by atoms with Crippen LogP contribution >= 0.6 is 0 Å². The van der Waals surface area contributed by atoms with Crippen LogP contribution in [0.3, 0.4) is 0 Å². The monoisotopic (exact) mass is 324 g/mol. The molecule has 124 valence electrons. The molecule has 1 fully saturated rings. The first-order valence-electron chi connectivity index (χ1n) is 8.46. The zero-order valence-corrected chi connectivity index (χ0v) is 13.7. The van der Waals surface area contributed by atoms with Gasteiger partial charge in [0, 0.05) is 24.0 Å². The van der Waals surface area contributed by atoms with Crippen molar-refractivity contribution >= 4 is 30.0 Å². The summed E-state index contributed by atoms with van der Waals surface area (Å²) in [6, 6.07) is 5.74. The molecule has 1 aromatic carbocycles. The third kappa shape index (κ3) is 3.37. The van der Waals surface area contributed by atoms with Crippen LogP contribution in [0.2, 0.25) is 0 Å². The van der Waals surface area contributed by atoms with E-state index in [1.54, 1.807) is 0 Å². The van der Waals surface area contributed by atoms with Crippen LogP contribution in [0, 0.1) is 12.8 Å². The molecule has 0 radical (unpaired) electrons. The minimum absolute atomic E-state index is 0.425. The number of fused-ring (bicyclic) bond motifs is 1. The molecule has 0 amide bonds. The van der Waals surface area contributed by atoms with E-state index in [0.29, 0.717) is 12.6 Å². The van der Waals surface area contributed by atoms with Crippen LogP contribution in [0.5, 0.6) is 0 Å². The van der Waals surface area contributed by atoms with Gasteiger partial charge in [0.05, 0.1) is 6.61 Å². The van der Waals surface area contributed by atoms with Gasteiger partial charge >= 0.3 is 7.12 Å². The summed E-state index contributed by atoms with van der Waals surface area (Å²) >= 11 is 0. The van der Waals surface area contributed by atoms with Gasteiger partial charge in [0.2, 0.25) is 5.95 Å². The average molecular weight is 324 g/mol. The van der Waals surface area contributed by atoms with Gasteiger partial charge in [0.15, 0.2) is 0 Å². The zero-order valence-electron chi connectivity index (χ0n) is 13.7. The van der Waals surface area contributed by atoms with Crippen molar-refractivity contribution < 1.29 is 9.68 Å². The van der Waals surface area contributed by atoms with Gasteiger partial charge in [-0.15, -0.1) is 0 Å². The summed E-state index contributed by atoms with van der Waals surface area (Å²) in [7, 11) is -0.813. The molecule has 7 heteroatoms. The molecule has 0 spiro atoms. The van der Waals surface area contributed by atoms with Crippen LogP contribution in [-0.2, 0) is 11.3 Å². The lowest BCUT2D eigenvalue weighted by molar-refractivity contribution is 0.275. The van der Waals surface area contributed by atoms with E-state index in [9.17, 15) is 5.02 Å². The molecule has 3 N–H and O–H groups in total. The first-order chi connectivity index (χ1) is 11.7. The van der Waals surface area contributed by atoms with E-state index in [1.807, 2.05) is 31.3 Å². The Labute approximate surface area is 141 Å². The van der Waals surface area contributed by atoms with Crippen LogP contribution in [0.15, 0.2) is 24.4 Å². The van der Waals surface area contributed by atoms with Crippen molar-refractivity contribution in [3.63, 3.8) is 0 Å². The fourth-order valence-electron chi connectivity index (χ4n) is 2.92. The van der Waals surface area contributed by atoms with E-state index in [1.165, 1.54) is 19.3 Å². The van der Waals surface area contributed by atoms with Crippen molar-refractivity contribution in [3.8, 4) is 0 Å². The number of nitrogens with zero attached hydrogens (tertiary/aromatic N) is 2. The second-order valence-corrected chi connectivity index (χ2v) is 6.59. The number of benzene rings is 1. The van der Waals surface area contributed by atoms with Gasteiger partial charge in [-0.25, -0.2) is 4.98 Å². The SMILES string of the molecule is Cc1cnc(Nc2ccc3c(c2)COB3O)nc1NCCC1CC1. The second-order valence-electron chi connectivity index (χ2n) is 6.59. The average Bonchev–Trinajstić information content (AvgIpc) is 3.33. The minimum Gasteiger partial charge on any atom is -0.423 e. The normalized spacial score (nSPS) is 16.2. The first-order valence-corrected chi connectivity index (χ1v) is 8.46. The van der Waals surface area contributed by atoms with E-state index in [4.69, 9.17) is 4.65 Å². The molecule has 0 atom stereocenters. The van der Waals surface area contributed by atoms with Crippen LogP contribution in [-0.4, -0.2) is 28.7 Å². The lowest BCUT2D eigenvalue weighted by atomic mass is 9.79. The van der Waals surface area contributed by atoms with Crippen molar-refractivity contribution in [1.82, 2.24) is 9.97 Å². The highest BCUT2D eigenvalue weighted by molar-refractivity contribution is 6.61. The number of rotatable bonds is 6. The van der Waals surface area contributed by atoms with Gasteiger partial charge in [0.1, 0.15) is 5.82 Å². The molecule has 1 aromatic heterocycles. The third-order valence-corrected chi connectivity index (χ3v) is 4.58. The number of aryl methyl sites for hydroxylation is 1. The predicted octanol–water partition coefficient (Wildman–Crippen LogP) is 1.96. The van der Waals surface area contributed by atoms with E-state index < -0.39 is 7.12 Å². The fourth-order valence-corrected chi connectivity index (χ4v) is 2.92. The van der Waals surface area contributed by atoms with E-state index in [0.717, 1.165) is 40.6 Å². The number of aromatic nitrogens is 2. The van der Waals surface area contributed by atoms with Crippen molar-refractivity contribution in [2.45, 2.75) is 32.8 Å². The van der Waals surface area contributed by atoms with Crippen molar-refractivity contribution in [3.05, 3.63) is 35.5 Å². The highest BCUT2D eigenvalue weighted by Gasteiger charge is 2.27. The Bertz CT molecular complexity index is 751. The van der Waals surface area contributed by atoms with E-state index in [2.05, 4.69) is 20.6 Å². The summed E-state index contributed by atoms with van der Waals surface area (Å²) in [6.45, 7) is 3.39. The zero-order chi connectivity index (χ0) is 16.5. The number of anilines is 3. The van der Waals surface area contributed by atoms with Gasteiger partial charge in [-0.3, -0.25) is 0 Å². The Morgan fingerprint density at radius 2 is 2.25 bits per heavy atom. The molecule has 2 aromatic rings. The minimum atomic E-state index is -0.813. The summed E-state index contributed by atoms with van der Waals surface area (Å²) < 4.78 is 5.22. The molecular formula is C17H21BN4O2. The molecule has 0 bridgehead atoms. The predicted molar refractivity (Wildman–Crippen MR) is 94.7 cm³/mol. The van der Waals surface area contributed by atoms with Crippen molar-refractivity contribution in [2.24, 2.45) is 5.92 Å². The molecule has 4 rings (SSSR count). The van der Waals surface area contributed by atoms with Crippen LogP contribution in [0.1, 0.15) is 30.4 Å². The van der Waals surface area contributed by atoms with Gasteiger partial charge in [-0.1, -0.05) is 18.9 Å². The van der Waals surface area contributed by atoms with Gasteiger partial charge in [0.25, 0.3) is 0 Å². The fraction of sp³-hybridized carbons (Fsp3) is 0.412. The smallest absolute Gasteiger partial charge is 0.423 e. The Balaban J connectivity index is 1.45. The molecule has 0 unspecified atom stereocenters. The lowest BCUT2D eigenvalue weighted by Gasteiger charge is -2.11. The van der Waals surface area contributed by atoms with E-state index in [-0.39, 0.29) is 0 Å². The lowest BCUT2D eigenvalue weighted by Crippen LogP contribution is -2.27. The Morgan fingerprint density at radius 3 is 3.08 bits per heavy atom. The number of hydrogen-bond donors (Lipinski definition) is 3. The Hall–Kier alpha value is -2.12. The maximum atomic E-state index is 9.68. The summed E-state index contributed by atoms with van der Waals surface area (Å²) in [5, 5.41) is 16.3. The standard InChI is InChI=1S/C17H21BN4O2/c1-11-9-20-17(22-16(11)19-7-6-12-2-3-12)21-14-4-5-15-13(8-14)10-24-18(15)23/h4-5,8-9,12,23H,2-3,6-7,10H2,1H3,(H2,19,20,21,22). The Morgan fingerprint density at radius 1 is 1.38 bits per heavy atom. The second kappa shape index (κ2) is 6.41. The highest BCUT2D eigenvalue weighted by Crippen LogP contribution is 2.32. The van der Waals surface area contributed by atoms with E-state index >= 15 is 0 Å². The molecule has 2 heterocycles. The quantitative estimate of drug-likeness (QED) is 0.705. The summed E-state index contributed by atoms with van der Waals surface area (Å²) in [5.41, 5.74) is 3.75. The number of hydrogen-bond acceptors (Lipinski definition) is 6. The first kappa shape index (κ1) is 15.4. The molecular weight excluding hydrogens is 303 g/mol. The maximum absolute atomic E-state index is 9.68. The van der Waals surface area contributed by atoms with Crippen LogP contribution < -0.4 is 16.1 Å². The molecule has 2 aliphatic rings. The topological polar surface area (TPSA) is 79.3 Å². The molecule has 1 saturated carbocycles. The van der Waals surface area contributed by atoms with Gasteiger partial charge in [-0.05, 0) is 42.4 Å². The largest absolute Gasteiger partial charge is 0.491 e. The maximum Gasteiger partial charge on any atom is 0.491 e. The Kier molecular flexibility index (Phi) is 4.12. The van der Waals surface area contributed by atoms with Crippen molar-refractivity contribution in [1.29, 1.82) is 0 Å². The summed E-state index contributed by atoms with van der Waals surface area (Å²) in [5.74, 6) is 2.35. The van der Waals surface area contributed by atoms with Crippen LogP contribution in [0.4, 0.5) is 17.5 Å². The molecule has 0 saturated heterocycles. The van der Waals surface area contributed by atoms with Gasteiger partial charge in [-0.2, -0.15) is 4.98 Å². The molecule has 1 aliphatic heterocycles. The highest BCUT2D eigenvalue weighted by atomic mass is 16.5.